The molecule has 0 atom stereocenters. The second kappa shape index (κ2) is 7.44. The van der Waals surface area contributed by atoms with Crippen molar-refractivity contribution in [3.8, 4) is 5.75 Å². The SMILES string of the molecule is CCc1c(C)c2ccc(NC(=O)Cc3ccc(OC)cc3)cc2[nH]c1=O. The third kappa shape index (κ3) is 3.61. The Hall–Kier alpha value is -3.08. The maximum atomic E-state index is 12.3. The largest absolute Gasteiger partial charge is 0.497 e. The van der Waals surface area contributed by atoms with Gasteiger partial charge in [-0.3, -0.25) is 9.59 Å². The van der Waals surface area contributed by atoms with Crippen molar-refractivity contribution in [2.24, 2.45) is 0 Å². The van der Waals surface area contributed by atoms with Crippen LogP contribution in [-0.4, -0.2) is 18.0 Å². The van der Waals surface area contributed by atoms with E-state index in [1.807, 2.05) is 50.2 Å². The fourth-order valence-electron chi connectivity index (χ4n) is 3.14. The number of carbonyl (C=O) groups is 1. The zero-order valence-corrected chi connectivity index (χ0v) is 15.2. The van der Waals surface area contributed by atoms with E-state index in [-0.39, 0.29) is 17.9 Å². The number of benzene rings is 2. The molecule has 0 fully saturated rings. The quantitative estimate of drug-likeness (QED) is 0.739. The summed E-state index contributed by atoms with van der Waals surface area (Å²) in [5.74, 6) is 0.647. The molecule has 1 heterocycles. The molecule has 2 N–H and O–H groups in total. The van der Waals surface area contributed by atoms with Crippen LogP contribution in [0.1, 0.15) is 23.6 Å². The van der Waals surface area contributed by atoms with Crippen molar-refractivity contribution in [1.82, 2.24) is 4.98 Å². The number of carbonyl (C=O) groups excluding carboxylic acids is 1. The number of amides is 1. The summed E-state index contributed by atoms with van der Waals surface area (Å²) in [4.78, 5) is 27.4. The third-order valence-electron chi connectivity index (χ3n) is 4.56. The Morgan fingerprint density at radius 2 is 1.88 bits per heavy atom. The lowest BCUT2D eigenvalue weighted by atomic mass is 10.0. The zero-order chi connectivity index (χ0) is 18.7. The maximum absolute atomic E-state index is 12.3. The molecule has 0 saturated carbocycles. The molecule has 5 heteroatoms. The second-order valence-electron chi connectivity index (χ2n) is 6.24. The molecule has 0 aliphatic rings. The van der Waals surface area contributed by atoms with Gasteiger partial charge in [0.1, 0.15) is 5.75 Å². The van der Waals surface area contributed by atoms with Crippen LogP contribution in [0.4, 0.5) is 5.69 Å². The summed E-state index contributed by atoms with van der Waals surface area (Å²) in [5, 5.41) is 3.88. The van der Waals surface area contributed by atoms with Crippen molar-refractivity contribution in [3.63, 3.8) is 0 Å². The van der Waals surface area contributed by atoms with Gasteiger partial charge in [0, 0.05) is 16.6 Å². The standard InChI is InChI=1S/C21H22N2O3/c1-4-17-13(2)18-10-7-15(12-19(18)23-21(17)25)22-20(24)11-14-5-8-16(26-3)9-6-14/h5-10,12H,4,11H2,1-3H3,(H,22,24)(H,23,25). The smallest absolute Gasteiger partial charge is 0.251 e. The van der Waals surface area contributed by atoms with Crippen LogP contribution in [-0.2, 0) is 17.6 Å². The van der Waals surface area contributed by atoms with Crippen molar-refractivity contribution in [2.75, 3.05) is 12.4 Å². The van der Waals surface area contributed by atoms with E-state index in [9.17, 15) is 9.59 Å². The number of ether oxygens (including phenoxy) is 1. The molecule has 26 heavy (non-hydrogen) atoms. The minimum atomic E-state index is -0.112. The molecule has 0 radical (unpaired) electrons. The van der Waals surface area contributed by atoms with Gasteiger partial charge in [0.2, 0.25) is 5.91 Å². The zero-order valence-electron chi connectivity index (χ0n) is 15.2. The number of fused-ring (bicyclic) bond motifs is 1. The normalized spacial score (nSPS) is 10.7. The van der Waals surface area contributed by atoms with Crippen molar-refractivity contribution in [3.05, 3.63) is 69.5 Å². The molecule has 0 saturated heterocycles. The summed E-state index contributed by atoms with van der Waals surface area (Å²) in [6.45, 7) is 3.93. The van der Waals surface area contributed by atoms with Crippen molar-refractivity contribution < 1.29 is 9.53 Å². The van der Waals surface area contributed by atoms with Gasteiger partial charge in [-0.05, 0) is 48.7 Å². The number of methoxy groups -OCH3 is 1. The van der Waals surface area contributed by atoms with Gasteiger partial charge < -0.3 is 15.0 Å². The van der Waals surface area contributed by atoms with E-state index >= 15 is 0 Å². The van der Waals surface area contributed by atoms with E-state index in [0.717, 1.165) is 33.3 Å². The number of hydrogen-bond donors (Lipinski definition) is 2. The molecule has 0 bridgehead atoms. The summed E-state index contributed by atoms with van der Waals surface area (Å²) in [6, 6.07) is 13.0. The second-order valence-corrected chi connectivity index (χ2v) is 6.24. The Balaban J connectivity index is 1.79. The number of anilines is 1. The van der Waals surface area contributed by atoms with E-state index in [0.29, 0.717) is 12.1 Å². The molecule has 5 nitrogen and oxygen atoms in total. The van der Waals surface area contributed by atoms with Crippen LogP contribution in [0.15, 0.2) is 47.3 Å². The maximum Gasteiger partial charge on any atom is 0.251 e. The number of H-pyrrole nitrogens is 1. The highest BCUT2D eigenvalue weighted by molar-refractivity contribution is 5.95. The summed E-state index contributed by atoms with van der Waals surface area (Å²) in [7, 11) is 1.61. The predicted molar refractivity (Wildman–Crippen MR) is 104 cm³/mol. The van der Waals surface area contributed by atoms with Crippen molar-refractivity contribution >= 4 is 22.5 Å². The molecule has 2 aromatic carbocycles. The van der Waals surface area contributed by atoms with E-state index in [1.165, 1.54) is 0 Å². The van der Waals surface area contributed by atoms with Crippen molar-refractivity contribution in [1.29, 1.82) is 0 Å². The average Bonchev–Trinajstić information content (AvgIpc) is 2.62. The van der Waals surface area contributed by atoms with E-state index in [4.69, 9.17) is 4.74 Å². The van der Waals surface area contributed by atoms with Crippen LogP contribution in [0, 0.1) is 6.92 Å². The first-order valence-corrected chi connectivity index (χ1v) is 8.60. The molecule has 0 aliphatic heterocycles. The number of aromatic amines is 1. The molecule has 0 spiro atoms. The molecule has 3 aromatic rings. The van der Waals surface area contributed by atoms with Crippen molar-refractivity contribution in [2.45, 2.75) is 26.7 Å². The Kier molecular flexibility index (Phi) is 5.07. The van der Waals surface area contributed by atoms with Crippen LogP contribution in [0.25, 0.3) is 10.9 Å². The lowest BCUT2D eigenvalue weighted by Gasteiger charge is -2.10. The lowest BCUT2D eigenvalue weighted by molar-refractivity contribution is -0.115. The van der Waals surface area contributed by atoms with Gasteiger partial charge in [0.05, 0.1) is 19.0 Å². The van der Waals surface area contributed by atoms with Gasteiger partial charge >= 0.3 is 0 Å². The van der Waals surface area contributed by atoms with Gasteiger partial charge in [-0.25, -0.2) is 0 Å². The Bertz CT molecular complexity index is 1000. The summed E-state index contributed by atoms with van der Waals surface area (Å²) >= 11 is 0. The third-order valence-corrected chi connectivity index (χ3v) is 4.56. The van der Waals surface area contributed by atoms with Crippen LogP contribution in [0.2, 0.25) is 0 Å². The molecule has 1 aromatic heterocycles. The number of nitrogens with one attached hydrogen (secondary N) is 2. The monoisotopic (exact) mass is 350 g/mol. The van der Waals surface area contributed by atoms with Gasteiger partial charge in [0.15, 0.2) is 0 Å². The highest BCUT2D eigenvalue weighted by Crippen LogP contribution is 2.22. The minimum Gasteiger partial charge on any atom is -0.497 e. The van der Waals surface area contributed by atoms with Gasteiger partial charge in [0.25, 0.3) is 5.56 Å². The fraction of sp³-hybridized carbons (Fsp3) is 0.238. The molecule has 134 valence electrons. The summed E-state index contributed by atoms with van der Waals surface area (Å²) in [6.07, 6.45) is 0.962. The fourth-order valence-corrected chi connectivity index (χ4v) is 3.14. The molecule has 3 rings (SSSR count). The predicted octanol–water partition coefficient (Wildman–Crippen LogP) is 3.59. The number of aromatic nitrogens is 1. The number of pyridine rings is 1. The molecule has 0 aliphatic carbocycles. The summed E-state index contributed by atoms with van der Waals surface area (Å²) < 4.78 is 5.12. The number of hydrogen-bond acceptors (Lipinski definition) is 3. The highest BCUT2D eigenvalue weighted by Gasteiger charge is 2.09. The van der Waals surface area contributed by atoms with Gasteiger partial charge in [-0.15, -0.1) is 0 Å². The van der Waals surface area contributed by atoms with E-state index in [1.54, 1.807) is 13.2 Å². The van der Waals surface area contributed by atoms with Crippen LogP contribution in [0.5, 0.6) is 5.75 Å². The summed E-state index contributed by atoms with van der Waals surface area (Å²) in [5.41, 5.74) is 4.01. The van der Waals surface area contributed by atoms with E-state index in [2.05, 4.69) is 10.3 Å². The van der Waals surface area contributed by atoms with E-state index < -0.39 is 0 Å². The Morgan fingerprint density at radius 3 is 2.54 bits per heavy atom. The Labute approximate surface area is 152 Å². The van der Waals surface area contributed by atoms with Crippen LogP contribution < -0.4 is 15.6 Å². The molecule has 0 unspecified atom stereocenters. The van der Waals surface area contributed by atoms with Crippen LogP contribution in [0.3, 0.4) is 0 Å². The molecular weight excluding hydrogens is 328 g/mol. The molecule has 1 amide bonds. The average molecular weight is 350 g/mol. The van der Waals surface area contributed by atoms with Gasteiger partial charge in [-0.2, -0.15) is 0 Å². The first-order chi connectivity index (χ1) is 12.5. The molecular formula is C21H22N2O3. The number of rotatable bonds is 5. The van der Waals surface area contributed by atoms with Crippen LogP contribution >= 0.6 is 0 Å². The minimum absolute atomic E-state index is 0.0702. The Morgan fingerprint density at radius 1 is 1.15 bits per heavy atom. The topological polar surface area (TPSA) is 71.2 Å². The lowest BCUT2D eigenvalue weighted by Crippen LogP contribution is -2.16. The highest BCUT2D eigenvalue weighted by atomic mass is 16.5. The first kappa shape index (κ1) is 17.7. The number of aryl methyl sites for hydroxylation is 1. The first-order valence-electron chi connectivity index (χ1n) is 8.60. The van der Waals surface area contributed by atoms with Gasteiger partial charge in [-0.1, -0.05) is 25.1 Å².